The van der Waals surface area contributed by atoms with Gasteiger partial charge in [-0.05, 0) is 25.6 Å². The molecule has 156 valence electrons. The molecular formula is C17H28F3IN4O2. The lowest BCUT2D eigenvalue weighted by atomic mass is 10.2. The van der Waals surface area contributed by atoms with Crippen molar-refractivity contribution in [1.29, 1.82) is 0 Å². The van der Waals surface area contributed by atoms with Crippen LogP contribution in [-0.2, 0) is 11.3 Å². The molecule has 1 aromatic carbocycles. The molecule has 0 aromatic heterocycles. The summed E-state index contributed by atoms with van der Waals surface area (Å²) >= 11 is 0. The van der Waals surface area contributed by atoms with Crippen LogP contribution in [0.25, 0.3) is 0 Å². The Morgan fingerprint density at radius 1 is 1.26 bits per heavy atom. The van der Waals surface area contributed by atoms with Gasteiger partial charge >= 0.3 is 6.61 Å². The van der Waals surface area contributed by atoms with Crippen LogP contribution in [0.1, 0.15) is 12.0 Å². The van der Waals surface area contributed by atoms with Crippen LogP contribution < -0.4 is 15.4 Å². The molecule has 0 aliphatic carbocycles. The van der Waals surface area contributed by atoms with Gasteiger partial charge in [0.05, 0.1) is 0 Å². The molecule has 0 saturated carbocycles. The van der Waals surface area contributed by atoms with E-state index in [0.717, 1.165) is 19.5 Å². The Hall–Kier alpha value is -1.27. The SMILES string of the molecule is CN=C(NCCN(C)CCCOC)NCc1c(F)cccc1OC(F)F.I. The summed E-state index contributed by atoms with van der Waals surface area (Å²) in [5, 5.41) is 6.00. The Balaban J connectivity index is 0.00000676. The van der Waals surface area contributed by atoms with Gasteiger partial charge in [-0.1, -0.05) is 6.07 Å². The van der Waals surface area contributed by atoms with Crippen molar-refractivity contribution in [2.75, 3.05) is 47.4 Å². The molecule has 0 heterocycles. The summed E-state index contributed by atoms with van der Waals surface area (Å²) in [7, 11) is 5.25. The van der Waals surface area contributed by atoms with E-state index in [1.54, 1.807) is 14.2 Å². The summed E-state index contributed by atoms with van der Waals surface area (Å²) in [6.07, 6.45) is 0.945. The van der Waals surface area contributed by atoms with Crippen LogP contribution in [0.5, 0.6) is 5.75 Å². The molecule has 0 amide bonds. The van der Waals surface area contributed by atoms with Gasteiger partial charge in [-0.15, -0.1) is 24.0 Å². The fourth-order valence-corrected chi connectivity index (χ4v) is 2.27. The molecule has 0 bridgehead atoms. The number of rotatable bonds is 11. The minimum atomic E-state index is -3.01. The first-order valence-corrected chi connectivity index (χ1v) is 8.32. The maximum absolute atomic E-state index is 13.9. The van der Waals surface area contributed by atoms with E-state index >= 15 is 0 Å². The molecule has 1 rings (SSSR count). The van der Waals surface area contributed by atoms with Gasteiger partial charge in [0.2, 0.25) is 0 Å². The van der Waals surface area contributed by atoms with Gasteiger partial charge in [-0.3, -0.25) is 4.99 Å². The molecule has 0 spiro atoms. The van der Waals surface area contributed by atoms with Gasteiger partial charge in [-0.2, -0.15) is 8.78 Å². The minimum Gasteiger partial charge on any atom is -0.434 e. The highest BCUT2D eigenvalue weighted by Gasteiger charge is 2.14. The summed E-state index contributed by atoms with van der Waals surface area (Å²) in [6.45, 7) is -0.0119. The van der Waals surface area contributed by atoms with Gasteiger partial charge < -0.3 is 25.0 Å². The average molecular weight is 504 g/mol. The second-order valence-electron chi connectivity index (χ2n) is 5.60. The molecule has 0 atom stereocenters. The molecule has 0 fully saturated rings. The van der Waals surface area contributed by atoms with Gasteiger partial charge in [0.25, 0.3) is 0 Å². The molecule has 1 aromatic rings. The highest BCUT2D eigenvalue weighted by Crippen LogP contribution is 2.23. The van der Waals surface area contributed by atoms with Crippen LogP contribution in [0.2, 0.25) is 0 Å². The normalized spacial score (nSPS) is 11.5. The number of nitrogens with zero attached hydrogens (tertiary/aromatic N) is 2. The Morgan fingerprint density at radius 2 is 2.00 bits per heavy atom. The number of hydrogen-bond acceptors (Lipinski definition) is 4. The van der Waals surface area contributed by atoms with Gasteiger partial charge in [0.15, 0.2) is 5.96 Å². The van der Waals surface area contributed by atoms with Gasteiger partial charge in [-0.25, -0.2) is 4.39 Å². The van der Waals surface area contributed by atoms with E-state index in [1.807, 2.05) is 7.05 Å². The maximum Gasteiger partial charge on any atom is 0.387 e. The molecule has 0 aliphatic heterocycles. The molecule has 0 radical (unpaired) electrons. The van der Waals surface area contributed by atoms with Gasteiger partial charge in [0.1, 0.15) is 11.6 Å². The van der Waals surface area contributed by atoms with E-state index in [0.29, 0.717) is 19.1 Å². The third kappa shape index (κ3) is 10.6. The Kier molecular flexibility index (Phi) is 14.1. The number of nitrogens with one attached hydrogen (secondary N) is 2. The quantitative estimate of drug-likeness (QED) is 0.210. The number of guanidine groups is 1. The largest absolute Gasteiger partial charge is 0.434 e. The number of ether oxygens (including phenoxy) is 2. The van der Waals surface area contributed by atoms with Crippen molar-refractivity contribution in [2.45, 2.75) is 19.6 Å². The number of halogens is 4. The first-order chi connectivity index (χ1) is 12.5. The van der Waals surface area contributed by atoms with E-state index < -0.39 is 12.4 Å². The summed E-state index contributed by atoms with van der Waals surface area (Å²) in [6, 6.07) is 3.82. The number of likely N-dealkylation sites (N-methyl/N-ethyl adjacent to an activating group) is 1. The maximum atomic E-state index is 13.9. The lowest BCUT2D eigenvalue weighted by molar-refractivity contribution is -0.0506. The second-order valence-corrected chi connectivity index (χ2v) is 5.60. The van der Waals surface area contributed by atoms with E-state index in [1.165, 1.54) is 18.2 Å². The van der Waals surface area contributed by atoms with Crippen molar-refractivity contribution in [3.63, 3.8) is 0 Å². The zero-order valence-electron chi connectivity index (χ0n) is 15.8. The van der Waals surface area contributed by atoms with E-state index in [2.05, 4.69) is 25.3 Å². The lowest BCUT2D eigenvalue weighted by Gasteiger charge is -2.18. The Morgan fingerprint density at radius 3 is 2.63 bits per heavy atom. The summed E-state index contributed by atoms with van der Waals surface area (Å²) < 4.78 is 48.2. The molecular weight excluding hydrogens is 476 g/mol. The lowest BCUT2D eigenvalue weighted by Crippen LogP contribution is -2.41. The zero-order valence-corrected chi connectivity index (χ0v) is 18.1. The Labute approximate surface area is 175 Å². The van der Waals surface area contributed by atoms with Crippen LogP contribution >= 0.6 is 24.0 Å². The highest BCUT2D eigenvalue weighted by molar-refractivity contribution is 14.0. The molecule has 0 saturated heterocycles. The summed E-state index contributed by atoms with van der Waals surface area (Å²) in [4.78, 5) is 6.18. The third-order valence-electron chi connectivity index (χ3n) is 3.62. The first-order valence-electron chi connectivity index (χ1n) is 8.32. The van der Waals surface area contributed by atoms with Crippen LogP contribution in [0.15, 0.2) is 23.2 Å². The second kappa shape index (κ2) is 14.7. The van der Waals surface area contributed by atoms with E-state index in [4.69, 9.17) is 4.74 Å². The first kappa shape index (κ1) is 25.7. The van der Waals surface area contributed by atoms with Crippen molar-refractivity contribution in [3.8, 4) is 5.75 Å². The summed E-state index contributed by atoms with van der Waals surface area (Å²) in [5.74, 6) is -0.369. The standard InChI is InChI=1S/C17H27F3N4O2.HI/c1-21-17(22-8-10-24(2)9-5-11-25-3)23-12-13-14(18)6-4-7-15(13)26-16(19)20;/h4,6-7,16H,5,8-12H2,1-3H3,(H2,21,22,23);1H. The molecule has 27 heavy (non-hydrogen) atoms. The van der Waals surface area contributed by atoms with E-state index in [9.17, 15) is 13.2 Å². The predicted molar refractivity (Wildman–Crippen MR) is 111 cm³/mol. The zero-order chi connectivity index (χ0) is 19.4. The van der Waals surface area contributed by atoms with E-state index in [-0.39, 0.29) is 41.8 Å². The molecule has 0 aliphatic rings. The smallest absolute Gasteiger partial charge is 0.387 e. The number of benzene rings is 1. The van der Waals surface area contributed by atoms with Gasteiger partial charge in [0, 0.05) is 52.5 Å². The van der Waals surface area contributed by atoms with Crippen LogP contribution in [0.3, 0.4) is 0 Å². The fraction of sp³-hybridized carbons (Fsp3) is 0.588. The van der Waals surface area contributed by atoms with Crippen LogP contribution in [0.4, 0.5) is 13.2 Å². The van der Waals surface area contributed by atoms with Crippen molar-refractivity contribution in [3.05, 3.63) is 29.6 Å². The molecule has 10 heteroatoms. The van der Waals surface area contributed by atoms with Crippen molar-refractivity contribution < 1.29 is 22.6 Å². The minimum absolute atomic E-state index is 0. The molecule has 2 N–H and O–H groups in total. The van der Waals surface area contributed by atoms with Crippen molar-refractivity contribution >= 4 is 29.9 Å². The topological polar surface area (TPSA) is 58.1 Å². The third-order valence-corrected chi connectivity index (χ3v) is 3.62. The molecule has 6 nitrogen and oxygen atoms in total. The highest BCUT2D eigenvalue weighted by atomic mass is 127. The molecule has 0 unspecified atom stereocenters. The monoisotopic (exact) mass is 504 g/mol. The fourth-order valence-electron chi connectivity index (χ4n) is 2.27. The Bertz CT molecular complexity index is 565. The average Bonchev–Trinajstić information content (AvgIpc) is 2.59. The number of aliphatic imine (C=N–C) groups is 1. The van der Waals surface area contributed by atoms with Crippen LogP contribution in [0, 0.1) is 5.82 Å². The summed E-state index contributed by atoms with van der Waals surface area (Å²) in [5.41, 5.74) is 0.0208. The number of methoxy groups -OCH3 is 1. The van der Waals surface area contributed by atoms with Crippen LogP contribution in [-0.4, -0.2) is 64.9 Å². The van der Waals surface area contributed by atoms with Crippen molar-refractivity contribution in [2.24, 2.45) is 4.99 Å². The number of alkyl halides is 2. The number of hydrogen-bond donors (Lipinski definition) is 2. The predicted octanol–water partition coefficient (Wildman–Crippen LogP) is 2.68. The van der Waals surface area contributed by atoms with Crippen molar-refractivity contribution in [1.82, 2.24) is 15.5 Å².